The van der Waals surface area contributed by atoms with Crippen LogP contribution in [0, 0.1) is 20.8 Å². The zero-order valence-corrected chi connectivity index (χ0v) is 13.9. The first-order valence-electron chi connectivity index (χ1n) is 7.23. The van der Waals surface area contributed by atoms with E-state index >= 15 is 0 Å². The number of amides is 1. The number of benzene rings is 1. The molecule has 0 aliphatic rings. The van der Waals surface area contributed by atoms with E-state index in [-0.39, 0.29) is 5.91 Å². The van der Waals surface area contributed by atoms with E-state index in [1.807, 2.05) is 51.1 Å². The minimum absolute atomic E-state index is 0.163. The molecular weight excluding hydrogens is 310 g/mol. The van der Waals surface area contributed by atoms with E-state index < -0.39 is 6.04 Å². The van der Waals surface area contributed by atoms with Crippen molar-refractivity contribution in [3.8, 4) is 0 Å². The number of thiazole rings is 1. The predicted molar refractivity (Wildman–Crippen MR) is 88.5 cm³/mol. The molecule has 3 aromatic rings. The number of aromatic amines is 1. The topological polar surface area (TPSA) is 83.6 Å². The van der Waals surface area contributed by atoms with Crippen LogP contribution < -0.4 is 5.32 Å². The van der Waals surface area contributed by atoms with Gasteiger partial charge in [-0.25, -0.2) is 9.97 Å². The number of aromatic nitrogens is 4. The molecule has 0 saturated heterocycles. The van der Waals surface area contributed by atoms with E-state index in [9.17, 15) is 4.79 Å². The van der Waals surface area contributed by atoms with Crippen LogP contribution in [0.15, 0.2) is 30.3 Å². The first kappa shape index (κ1) is 15.4. The molecule has 1 atom stereocenters. The summed E-state index contributed by atoms with van der Waals surface area (Å²) in [5.41, 5.74) is 1.67. The Morgan fingerprint density at radius 2 is 1.91 bits per heavy atom. The Kier molecular flexibility index (Phi) is 4.20. The van der Waals surface area contributed by atoms with Crippen molar-refractivity contribution in [1.29, 1.82) is 0 Å². The molecule has 6 nitrogen and oxygen atoms in total. The molecule has 2 aromatic heterocycles. The van der Waals surface area contributed by atoms with Gasteiger partial charge in [-0.05, 0) is 26.3 Å². The van der Waals surface area contributed by atoms with Crippen LogP contribution in [0.2, 0.25) is 0 Å². The van der Waals surface area contributed by atoms with Crippen LogP contribution >= 0.6 is 11.3 Å². The van der Waals surface area contributed by atoms with Crippen molar-refractivity contribution in [3.63, 3.8) is 0 Å². The fraction of sp³-hybridized carbons (Fsp3) is 0.250. The van der Waals surface area contributed by atoms with Gasteiger partial charge in [0.15, 0.2) is 5.82 Å². The molecule has 23 heavy (non-hydrogen) atoms. The molecule has 2 N–H and O–H groups in total. The Labute approximate surface area is 138 Å². The molecule has 3 rings (SSSR count). The van der Waals surface area contributed by atoms with Gasteiger partial charge in [-0.15, -0.1) is 11.3 Å². The average Bonchev–Trinajstić information content (AvgIpc) is 3.11. The van der Waals surface area contributed by atoms with Crippen molar-refractivity contribution in [2.45, 2.75) is 26.8 Å². The highest BCUT2D eigenvalue weighted by Gasteiger charge is 2.23. The number of nitrogens with zero attached hydrogens (tertiary/aromatic N) is 3. The van der Waals surface area contributed by atoms with Crippen LogP contribution in [0.4, 0.5) is 0 Å². The maximum absolute atomic E-state index is 12.6. The smallest absolute Gasteiger partial charge is 0.264 e. The fourth-order valence-electron chi connectivity index (χ4n) is 2.37. The molecule has 0 saturated carbocycles. The number of aryl methyl sites for hydroxylation is 3. The second-order valence-electron chi connectivity index (χ2n) is 5.24. The lowest BCUT2D eigenvalue weighted by molar-refractivity contribution is 0.0945. The van der Waals surface area contributed by atoms with Gasteiger partial charge in [-0.1, -0.05) is 30.3 Å². The first-order chi connectivity index (χ1) is 11.0. The van der Waals surface area contributed by atoms with Gasteiger partial charge in [0.1, 0.15) is 16.7 Å². The predicted octanol–water partition coefficient (Wildman–Crippen LogP) is 2.71. The molecule has 118 valence electrons. The second-order valence-corrected chi connectivity index (χ2v) is 6.45. The van der Waals surface area contributed by atoms with Crippen molar-refractivity contribution >= 4 is 17.2 Å². The summed E-state index contributed by atoms with van der Waals surface area (Å²) >= 11 is 1.39. The molecule has 0 unspecified atom stereocenters. The van der Waals surface area contributed by atoms with Crippen LogP contribution in [0.1, 0.15) is 43.6 Å². The monoisotopic (exact) mass is 327 g/mol. The average molecular weight is 327 g/mol. The van der Waals surface area contributed by atoms with E-state index in [0.29, 0.717) is 16.5 Å². The van der Waals surface area contributed by atoms with Crippen molar-refractivity contribution < 1.29 is 4.79 Å². The van der Waals surface area contributed by atoms with Crippen LogP contribution in [0.25, 0.3) is 0 Å². The summed E-state index contributed by atoms with van der Waals surface area (Å²) < 4.78 is 0. The third-order valence-electron chi connectivity index (χ3n) is 3.39. The molecule has 0 bridgehead atoms. The number of hydrogen-bond donors (Lipinski definition) is 2. The van der Waals surface area contributed by atoms with Crippen LogP contribution in [-0.4, -0.2) is 26.1 Å². The SMILES string of the molecule is Cc1nc([C@@H](NC(=O)c2sc(C)nc2C)c2ccccc2)n[nH]1. The number of rotatable bonds is 4. The van der Waals surface area contributed by atoms with Gasteiger partial charge in [-0.3, -0.25) is 9.89 Å². The highest BCUT2D eigenvalue weighted by atomic mass is 32.1. The van der Waals surface area contributed by atoms with Crippen molar-refractivity contribution in [2.24, 2.45) is 0 Å². The number of hydrogen-bond acceptors (Lipinski definition) is 5. The van der Waals surface area contributed by atoms with Gasteiger partial charge in [0.05, 0.1) is 10.7 Å². The molecule has 0 aliphatic heterocycles. The van der Waals surface area contributed by atoms with E-state index in [2.05, 4.69) is 25.5 Å². The van der Waals surface area contributed by atoms with E-state index in [1.54, 1.807) is 0 Å². The van der Waals surface area contributed by atoms with Gasteiger partial charge >= 0.3 is 0 Å². The Morgan fingerprint density at radius 1 is 1.17 bits per heavy atom. The third kappa shape index (κ3) is 3.29. The molecule has 0 spiro atoms. The molecule has 1 amide bonds. The molecular formula is C16H17N5OS. The Balaban J connectivity index is 1.93. The number of carbonyl (C=O) groups is 1. The summed E-state index contributed by atoms with van der Waals surface area (Å²) in [5, 5.41) is 10.9. The van der Waals surface area contributed by atoms with Gasteiger partial charge in [-0.2, -0.15) is 5.10 Å². The van der Waals surface area contributed by atoms with Crippen LogP contribution in [0.3, 0.4) is 0 Å². The van der Waals surface area contributed by atoms with Crippen molar-refractivity contribution in [1.82, 2.24) is 25.5 Å². The van der Waals surface area contributed by atoms with Gasteiger partial charge in [0.25, 0.3) is 5.91 Å². The van der Waals surface area contributed by atoms with Crippen molar-refractivity contribution in [3.05, 3.63) is 63.1 Å². The summed E-state index contributed by atoms with van der Waals surface area (Å²) in [6, 6.07) is 9.27. The quantitative estimate of drug-likeness (QED) is 0.772. The van der Waals surface area contributed by atoms with E-state index in [1.165, 1.54) is 11.3 Å². The van der Waals surface area contributed by atoms with Crippen LogP contribution in [-0.2, 0) is 0 Å². The summed E-state index contributed by atoms with van der Waals surface area (Å²) in [6.07, 6.45) is 0. The lowest BCUT2D eigenvalue weighted by Crippen LogP contribution is -2.30. The normalized spacial score (nSPS) is 12.1. The van der Waals surface area contributed by atoms with E-state index in [4.69, 9.17) is 0 Å². The largest absolute Gasteiger partial charge is 0.337 e. The lowest BCUT2D eigenvalue weighted by Gasteiger charge is -2.16. The molecule has 2 heterocycles. The summed E-state index contributed by atoms with van der Waals surface area (Å²) in [5.74, 6) is 1.09. The van der Waals surface area contributed by atoms with Crippen molar-refractivity contribution in [2.75, 3.05) is 0 Å². The Morgan fingerprint density at radius 3 is 2.48 bits per heavy atom. The highest BCUT2D eigenvalue weighted by molar-refractivity contribution is 7.13. The van der Waals surface area contributed by atoms with Crippen LogP contribution in [0.5, 0.6) is 0 Å². The maximum Gasteiger partial charge on any atom is 0.264 e. The molecule has 0 radical (unpaired) electrons. The zero-order valence-electron chi connectivity index (χ0n) is 13.1. The summed E-state index contributed by atoms with van der Waals surface area (Å²) in [4.78, 5) is 21.9. The standard InChI is InChI=1S/C16H17N5OS/c1-9-14(23-11(3)17-9)16(22)19-13(12-7-5-4-6-8-12)15-18-10(2)20-21-15/h4-8,13H,1-3H3,(H,19,22)(H,18,20,21)/t13-/m0/s1. The summed E-state index contributed by atoms with van der Waals surface area (Å²) in [6.45, 7) is 5.56. The van der Waals surface area contributed by atoms with Gasteiger partial charge in [0, 0.05) is 0 Å². The minimum Gasteiger partial charge on any atom is -0.337 e. The highest BCUT2D eigenvalue weighted by Crippen LogP contribution is 2.22. The van der Waals surface area contributed by atoms with Gasteiger partial charge < -0.3 is 5.32 Å². The summed E-state index contributed by atoms with van der Waals surface area (Å²) in [7, 11) is 0. The molecule has 0 fully saturated rings. The number of carbonyl (C=O) groups excluding carboxylic acids is 1. The minimum atomic E-state index is -0.407. The number of nitrogens with one attached hydrogen (secondary N) is 2. The molecule has 7 heteroatoms. The number of H-pyrrole nitrogens is 1. The first-order valence-corrected chi connectivity index (χ1v) is 8.05. The fourth-order valence-corrected chi connectivity index (χ4v) is 3.19. The Hall–Kier alpha value is -2.54. The molecule has 1 aromatic carbocycles. The van der Waals surface area contributed by atoms with Gasteiger partial charge in [0.2, 0.25) is 0 Å². The van der Waals surface area contributed by atoms with E-state index in [0.717, 1.165) is 16.3 Å². The lowest BCUT2D eigenvalue weighted by atomic mass is 10.1. The molecule has 0 aliphatic carbocycles. The maximum atomic E-state index is 12.6. The zero-order chi connectivity index (χ0) is 16.4. The third-order valence-corrected chi connectivity index (χ3v) is 4.46. The Bertz CT molecular complexity index is 824. The second kappa shape index (κ2) is 6.29.